The van der Waals surface area contributed by atoms with Crippen molar-refractivity contribution in [2.45, 2.75) is 19.6 Å². The molecule has 1 amide bonds. The molecule has 0 aliphatic carbocycles. The minimum Gasteiger partial charge on any atom is -0.442 e. The van der Waals surface area contributed by atoms with Crippen LogP contribution in [0.2, 0.25) is 0 Å². The molecule has 3 rings (SSSR count). The van der Waals surface area contributed by atoms with E-state index >= 15 is 0 Å². The molecule has 2 heterocycles. The van der Waals surface area contributed by atoms with E-state index in [2.05, 4.69) is 0 Å². The predicted octanol–water partition coefficient (Wildman–Crippen LogP) is 2.18. The molecule has 1 atom stereocenters. The average molecular weight is 284 g/mol. The van der Waals surface area contributed by atoms with Gasteiger partial charge in [-0.3, -0.25) is 9.69 Å². The number of amides is 1. The van der Waals surface area contributed by atoms with Crippen LogP contribution in [0, 0.1) is 6.92 Å². The first-order chi connectivity index (χ1) is 10.1. The number of rotatable bonds is 3. The Morgan fingerprint density at radius 2 is 1.95 bits per heavy atom. The van der Waals surface area contributed by atoms with E-state index in [9.17, 15) is 9.59 Å². The van der Waals surface area contributed by atoms with Gasteiger partial charge in [0.05, 0.1) is 13.1 Å². The lowest BCUT2D eigenvalue weighted by Crippen LogP contribution is -2.29. The van der Waals surface area contributed by atoms with Crippen molar-refractivity contribution in [1.82, 2.24) is 4.57 Å². The summed E-state index contributed by atoms with van der Waals surface area (Å²) in [6.07, 6.45) is 1.04. The number of anilines is 1. The Labute approximate surface area is 122 Å². The summed E-state index contributed by atoms with van der Waals surface area (Å²) in [5, 5.41) is 0. The largest absolute Gasteiger partial charge is 0.442 e. The molecular formula is C16H16N2O3. The molecule has 21 heavy (non-hydrogen) atoms. The quantitative estimate of drug-likeness (QED) is 0.868. The highest BCUT2D eigenvalue weighted by atomic mass is 16.6. The van der Waals surface area contributed by atoms with Crippen LogP contribution in [0.15, 0.2) is 53.5 Å². The lowest BCUT2D eigenvalue weighted by Gasteiger charge is -2.13. The van der Waals surface area contributed by atoms with Gasteiger partial charge in [0.1, 0.15) is 6.10 Å². The molecule has 0 bridgehead atoms. The van der Waals surface area contributed by atoms with Crippen molar-refractivity contribution in [1.29, 1.82) is 0 Å². The van der Waals surface area contributed by atoms with Gasteiger partial charge in [-0.2, -0.15) is 0 Å². The Balaban J connectivity index is 1.74. The van der Waals surface area contributed by atoms with E-state index in [1.807, 2.05) is 43.3 Å². The molecule has 108 valence electrons. The fourth-order valence-corrected chi connectivity index (χ4v) is 2.41. The molecule has 0 spiro atoms. The standard InChI is InChI=1S/C16H16N2O3/c1-12-7-8-17(15(19)9-12)10-14-11-18(16(20)21-14)13-5-3-2-4-6-13/h2-9,14H,10-11H2,1H3. The van der Waals surface area contributed by atoms with Crippen molar-refractivity contribution < 1.29 is 9.53 Å². The maximum absolute atomic E-state index is 11.9. The maximum Gasteiger partial charge on any atom is 0.414 e. The molecule has 1 aromatic heterocycles. The van der Waals surface area contributed by atoms with Gasteiger partial charge in [0.15, 0.2) is 0 Å². The molecule has 1 aliphatic rings. The Hall–Kier alpha value is -2.56. The molecule has 1 aliphatic heterocycles. The van der Waals surface area contributed by atoms with Crippen molar-refractivity contribution in [3.63, 3.8) is 0 Å². The Morgan fingerprint density at radius 3 is 2.67 bits per heavy atom. The van der Waals surface area contributed by atoms with Crippen LogP contribution in [0.5, 0.6) is 0 Å². The van der Waals surface area contributed by atoms with Gasteiger partial charge in [0.25, 0.3) is 5.56 Å². The second kappa shape index (κ2) is 5.44. The van der Waals surface area contributed by atoms with Gasteiger partial charge in [-0.1, -0.05) is 18.2 Å². The van der Waals surface area contributed by atoms with Crippen LogP contribution in [-0.4, -0.2) is 23.3 Å². The summed E-state index contributed by atoms with van der Waals surface area (Å²) >= 11 is 0. The average Bonchev–Trinajstić information content (AvgIpc) is 2.84. The number of hydrogen-bond acceptors (Lipinski definition) is 3. The summed E-state index contributed by atoms with van der Waals surface area (Å²) in [6.45, 7) is 2.69. The zero-order chi connectivity index (χ0) is 14.8. The van der Waals surface area contributed by atoms with Crippen molar-refractivity contribution in [2.24, 2.45) is 0 Å². The number of aryl methyl sites for hydroxylation is 1. The maximum atomic E-state index is 11.9. The number of carbonyl (C=O) groups excluding carboxylic acids is 1. The number of para-hydroxylation sites is 1. The van der Waals surface area contributed by atoms with Gasteiger partial charge in [-0.05, 0) is 30.7 Å². The first-order valence-corrected chi connectivity index (χ1v) is 6.84. The molecule has 0 saturated carbocycles. The van der Waals surface area contributed by atoms with Gasteiger partial charge < -0.3 is 9.30 Å². The van der Waals surface area contributed by atoms with Crippen molar-refractivity contribution >= 4 is 11.8 Å². The first kappa shape index (κ1) is 13.4. The number of carbonyl (C=O) groups is 1. The number of cyclic esters (lactones) is 1. The minimum absolute atomic E-state index is 0.0794. The molecule has 0 N–H and O–H groups in total. The smallest absolute Gasteiger partial charge is 0.414 e. The Kier molecular flexibility index (Phi) is 3.48. The molecule has 1 saturated heterocycles. The third kappa shape index (κ3) is 2.81. The van der Waals surface area contributed by atoms with E-state index in [-0.39, 0.29) is 17.8 Å². The van der Waals surface area contributed by atoms with Crippen LogP contribution in [0.1, 0.15) is 5.56 Å². The van der Waals surface area contributed by atoms with Crippen LogP contribution in [0.25, 0.3) is 0 Å². The van der Waals surface area contributed by atoms with E-state index in [0.717, 1.165) is 11.3 Å². The fourth-order valence-electron chi connectivity index (χ4n) is 2.41. The Bertz CT molecular complexity index is 709. The number of aromatic nitrogens is 1. The summed E-state index contributed by atoms with van der Waals surface area (Å²) < 4.78 is 6.91. The van der Waals surface area contributed by atoms with E-state index in [1.54, 1.807) is 21.7 Å². The molecule has 1 fully saturated rings. The monoisotopic (exact) mass is 284 g/mol. The molecule has 0 radical (unpaired) electrons. The Morgan fingerprint density at radius 1 is 1.19 bits per heavy atom. The first-order valence-electron chi connectivity index (χ1n) is 6.84. The van der Waals surface area contributed by atoms with Crippen LogP contribution < -0.4 is 10.5 Å². The molecule has 1 aromatic carbocycles. The molecule has 2 aromatic rings. The van der Waals surface area contributed by atoms with Crippen LogP contribution >= 0.6 is 0 Å². The summed E-state index contributed by atoms with van der Waals surface area (Å²) in [6, 6.07) is 12.8. The summed E-state index contributed by atoms with van der Waals surface area (Å²) in [5.41, 5.74) is 1.65. The van der Waals surface area contributed by atoms with Gasteiger partial charge in [-0.25, -0.2) is 4.79 Å². The lowest BCUT2D eigenvalue weighted by molar-refractivity contribution is 0.131. The normalized spacial score (nSPS) is 17.9. The highest BCUT2D eigenvalue weighted by molar-refractivity contribution is 5.89. The van der Waals surface area contributed by atoms with Crippen molar-refractivity contribution in [3.05, 3.63) is 64.6 Å². The van der Waals surface area contributed by atoms with E-state index < -0.39 is 0 Å². The lowest BCUT2D eigenvalue weighted by atomic mass is 10.2. The van der Waals surface area contributed by atoms with Gasteiger partial charge in [-0.15, -0.1) is 0 Å². The fraction of sp³-hybridized carbons (Fsp3) is 0.250. The highest BCUT2D eigenvalue weighted by Gasteiger charge is 2.32. The van der Waals surface area contributed by atoms with Crippen molar-refractivity contribution in [3.8, 4) is 0 Å². The molecule has 5 nitrogen and oxygen atoms in total. The van der Waals surface area contributed by atoms with E-state index in [4.69, 9.17) is 4.74 Å². The number of benzene rings is 1. The van der Waals surface area contributed by atoms with Crippen LogP contribution in [0.3, 0.4) is 0 Å². The zero-order valence-electron chi connectivity index (χ0n) is 11.7. The van der Waals surface area contributed by atoms with Gasteiger partial charge in [0.2, 0.25) is 0 Å². The minimum atomic E-state index is -0.369. The highest BCUT2D eigenvalue weighted by Crippen LogP contribution is 2.21. The van der Waals surface area contributed by atoms with Crippen molar-refractivity contribution in [2.75, 3.05) is 11.4 Å². The third-order valence-electron chi connectivity index (χ3n) is 3.49. The van der Waals surface area contributed by atoms with E-state index in [1.165, 1.54) is 0 Å². The number of pyridine rings is 1. The topological polar surface area (TPSA) is 51.5 Å². The summed E-state index contributed by atoms with van der Waals surface area (Å²) in [7, 11) is 0. The second-order valence-corrected chi connectivity index (χ2v) is 5.15. The summed E-state index contributed by atoms with van der Waals surface area (Å²) in [4.78, 5) is 25.4. The molecule has 1 unspecified atom stereocenters. The van der Waals surface area contributed by atoms with Gasteiger partial charge >= 0.3 is 6.09 Å². The SMILES string of the molecule is Cc1ccn(CC2CN(c3ccccc3)C(=O)O2)c(=O)c1. The second-order valence-electron chi connectivity index (χ2n) is 5.15. The van der Waals surface area contributed by atoms with E-state index in [0.29, 0.717) is 13.1 Å². The zero-order valence-corrected chi connectivity index (χ0v) is 11.7. The number of hydrogen-bond donors (Lipinski definition) is 0. The molecule has 5 heteroatoms. The van der Waals surface area contributed by atoms with Crippen LogP contribution in [0.4, 0.5) is 10.5 Å². The third-order valence-corrected chi connectivity index (χ3v) is 3.49. The summed E-state index contributed by atoms with van der Waals surface area (Å²) in [5.74, 6) is 0. The van der Waals surface area contributed by atoms with Gasteiger partial charge in [0, 0.05) is 18.0 Å². The number of ether oxygens (including phenoxy) is 1. The van der Waals surface area contributed by atoms with Crippen LogP contribution in [-0.2, 0) is 11.3 Å². The number of nitrogens with zero attached hydrogens (tertiary/aromatic N) is 2. The predicted molar refractivity (Wildman–Crippen MR) is 79.5 cm³/mol. The molecular weight excluding hydrogens is 268 g/mol.